The van der Waals surface area contributed by atoms with Crippen LogP contribution in [0.5, 0.6) is 0 Å². The molecule has 1 heterocycles. The molecule has 0 spiro atoms. The quantitative estimate of drug-likeness (QED) is 0.411. The van der Waals surface area contributed by atoms with Crippen molar-refractivity contribution in [1.29, 1.82) is 0 Å². The predicted octanol–water partition coefficient (Wildman–Crippen LogP) is 4.23. The van der Waals surface area contributed by atoms with Crippen LogP contribution in [0.15, 0.2) is 60.7 Å². The van der Waals surface area contributed by atoms with Crippen molar-refractivity contribution in [2.45, 2.75) is 13.5 Å². The monoisotopic (exact) mass is 305 g/mol. The summed E-state index contributed by atoms with van der Waals surface area (Å²) < 4.78 is 2.25. The third-order valence-electron chi connectivity index (χ3n) is 3.84. The Morgan fingerprint density at radius 1 is 1.00 bits per heavy atom. The minimum absolute atomic E-state index is 0.108. The zero-order chi connectivity index (χ0) is 16.2. The largest absolute Gasteiger partial charge is 0.269 e. The van der Waals surface area contributed by atoms with Gasteiger partial charge in [-0.25, -0.2) is 0 Å². The lowest BCUT2D eigenvalue weighted by Gasteiger charge is -2.02. The van der Waals surface area contributed by atoms with Crippen molar-refractivity contribution in [2.75, 3.05) is 0 Å². The zero-order valence-electron chi connectivity index (χ0n) is 12.8. The fraction of sp³-hybridized carbons (Fsp3) is 0.105. The summed E-state index contributed by atoms with van der Waals surface area (Å²) in [5, 5.41) is 11.9. The Bertz CT molecular complexity index is 884. The molecule has 3 aromatic rings. The molecule has 0 bridgehead atoms. The molecule has 23 heavy (non-hydrogen) atoms. The third kappa shape index (κ3) is 3.11. The lowest BCUT2D eigenvalue weighted by atomic mass is 10.1. The molecular formula is C19H17N2O2+. The normalized spacial score (nSPS) is 11.2. The number of aryl methyl sites for hydroxylation is 1. The molecule has 0 amide bonds. The second-order valence-electron chi connectivity index (χ2n) is 5.24. The third-order valence-corrected chi connectivity index (χ3v) is 3.84. The van der Waals surface area contributed by atoms with E-state index in [0.29, 0.717) is 0 Å². The Hall–Kier alpha value is -3.01. The highest BCUT2D eigenvalue weighted by Crippen LogP contribution is 2.15. The maximum absolute atomic E-state index is 10.7. The number of aromatic nitrogens is 1. The number of para-hydroxylation sites is 1. The first-order valence-electron chi connectivity index (χ1n) is 7.53. The van der Waals surface area contributed by atoms with Gasteiger partial charge in [-0.15, -0.1) is 0 Å². The summed E-state index contributed by atoms with van der Waals surface area (Å²) in [5.74, 6) is 0. The summed E-state index contributed by atoms with van der Waals surface area (Å²) in [7, 11) is 0. The van der Waals surface area contributed by atoms with E-state index in [2.05, 4.69) is 35.8 Å². The van der Waals surface area contributed by atoms with Gasteiger partial charge in [-0.3, -0.25) is 10.1 Å². The molecule has 0 unspecified atom stereocenters. The van der Waals surface area contributed by atoms with Crippen molar-refractivity contribution < 1.29 is 9.49 Å². The molecule has 114 valence electrons. The number of benzene rings is 2. The van der Waals surface area contributed by atoms with Gasteiger partial charge in [0.25, 0.3) is 5.69 Å². The number of nitrogens with zero attached hydrogens (tertiary/aromatic N) is 2. The van der Waals surface area contributed by atoms with Crippen LogP contribution in [0, 0.1) is 10.1 Å². The fourth-order valence-corrected chi connectivity index (χ4v) is 2.67. The average molecular weight is 305 g/mol. The van der Waals surface area contributed by atoms with Gasteiger partial charge in [0.15, 0.2) is 0 Å². The van der Waals surface area contributed by atoms with Gasteiger partial charge in [0, 0.05) is 35.7 Å². The Labute approximate surface area is 134 Å². The molecule has 0 radical (unpaired) electrons. The number of hydrogen-bond donors (Lipinski definition) is 0. The van der Waals surface area contributed by atoms with Gasteiger partial charge in [0.1, 0.15) is 6.54 Å². The molecule has 0 aliphatic heterocycles. The Balaban J connectivity index is 1.95. The molecule has 0 aliphatic carbocycles. The van der Waals surface area contributed by atoms with Crippen molar-refractivity contribution in [3.8, 4) is 0 Å². The van der Waals surface area contributed by atoms with Crippen molar-refractivity contribution in [1.82, 2.24) is 0 Å². The first-order chi connectivity index (χ1) is 11.2. The smallest absolute Gasteiger partial charge is 0.258 e. The van der Waals surface area contributed by atoms with Crippen molar-refractivity contribution in [3.63, 3.8) is 0 Å². The molecule has 3 rings (SSSR count). The van der Waals surface area contributed by atoms with Gasteiger partial charge in [-0.05, 0) is 42.8 Å². The molecule has 0 aliphatic rings. The minimum Gasteiger partial charge on any atom is -0.258 e. The van der Waals surface area contributed by atoms with Crippen molar-refractivity contribution in [3.05, 3.63) is 82.0 Å². The van der Waals surface area contributed by atoms with Crippen LogP contribution in [0.4, 0.5) is 5.69 Å². The maximum Gasteiger partial charge on any atom is 0.269 e. The van der Waals surface area contributed by atoms with Gasteiger partial charge in [-0.1, -0.05) is 12.1 Å². The van der Waals surface area contributed by atoms with Crippen LogP contribution in [0.3, 0.4) is 0 Å². The summed E-state index contributed by atoms with van der Waals surface area (Å²) in [4.78, 5) is 10.3. The van der Waals surface area contributed by atoms with E-state index in [9.17, 15) is 10.1 Å². The highest BCUT2D eigenvalue weighted by Gasteiger charge is 2.11. The van der Waals surface area contributed by atoms with E-state index in [-0.39, 0.29) is 10.6 Å². The molecule has 2 aromatic carbocycles. The molecule has 0 N–H and O–H groups in total. The van der Waals surface area contributed by atoms with Gasteiger partial charge < -0.3 is 0 Å². The van der Waals surface area contributed by atoms with Gasteiger partial charge in [0.05, 0.1) is 4.92 Å². The van der Waals surface area contributed by atoms with Crippen LogP contribution < -0.4 is 4.57 Å². The molecule has 0 saturated heterocycles. The van der Waals surface area contributed by atoms with Gasteiger partial charge in [-0.2, -0.15) is 4.57 Å². The van der Waals surface area contributed by atoms with Gasteiger partial charge in [0.2, 0.25) is 11.2 Å². The summed E-state index contributed by atoms with van der Waals surface area (Å²) >= 11 is 0. The first kappa shape index (κ1) is 14.9. The van der Waals surface area contributed by atoms with E-state index < -0.39 is 0 Å². The first-order valence-corrected chi connectivity index (χ1v) is 7.53. The number of rotatable bonds is 4. The van der Waals surface area contributed by atoms with Crippen LogP contribution in [-0.4, -0.2) is 4.92 Å². The summed E-state index contributed by atoms with van der Waals surface area (Å²) in [6, 6.07) is 19.0. The highest BCUT2D eigenvalue weighted by atomic mass is 16.6. The van der Waals surface area contributed by atoms with E-state index in [0.717, 1.165) is 17.8 Å². The lowest BCUT2D eigenvalue weighted by molar-refractivity contribution is -0.669. The number of pyridine rings is 1. The van der Waals surface area contributed by atoms with E-state index >= 15 is 0 Å². The predicted molar refractivity (Wildman–Crippen MR) is 91.8 cm³/mol. The maximum atomic E-state index is 10.7. The van der Waals surface area contributed by atoms with Crippen LogP contribution in [0.2, 0.25) is 0 Å². The molecule has 0 fully saturated rings. The summed E-state index contributed by atoms with van der Waals surface area (Å²) in [6.07, 6.45) is 4.01. The van der Waals surface area contributed by atoms with Crippen molar-refractivity contribution >= 4 is 28.7 Å². The zero-order valence-corrected chi connectivity index (χ0v) is 12.8. The Kier molecular flexibility index (Phi) is 4.15. The Morgan fingerprint density at radius 3 is 2.43 bits per heavy atom. The van der Waals surface area contributed by atoms with E-state index in [1.54, 1.807) is 12.1 Å². The Morgan fingerprint density at radius 2 is 1.74 bits per heavy atom. The summed E-state index contributed by atoms with van der Waals surface area (Å²) in [6.45, 7) is 3.00. The molecule has 4 heteroatoms. The van der Waals surface area contributed by atoms with Crippen molar-refractivity contribution in [2.24, 2.45) is 0 Å². The molecule has 0 saturated carbocycles. The minimum atomic E-state index is -0.387. The fourth-order valence-electron chi connectivity index (χ4n) is 2.67. The van der Waals surface area contributed by atoms with E-state index in [1.165, 1.54) is 23.0 Å². The second kappa shape index (κ2) is 6.40. The molecule has 0 atom stereocenters. The number of fused-ring (bicyclic) bond motifs is 1. The van der Waals surface area contributed by atoms with Crippen LogP contribution in [-0.2, 0) is 6.54 Å². The topological polar surface area (TPSA) is 47.0 Å². The van der Waals surface area contributed by atoms with E-state index in [4.69, 9.17) is 0 Å². The number of non-ortho nitro benzene ring substituents is 1. The summed E-state index contributed by atoms with van der Waals surface area (Å²) in [5.41, 5.74) is 3.34. The molecule has 4 nitrogen and oxygen atoms in total. The lowest BCUT2D eigenvalue weighted by Crippen LogP contribution is -2.36. The van der Waals surface area contributed by atoms with Gasteiger partial charge >= 0.3 is 0 Å². The average Bonchev–Trinajstić information content (AvgIpc) is 2.59. The second-order valence-corrected chi connectivity index (χ2v) is 5.24. The van der Waals surface area contributed by atoms with E-state index in [1.807, 2.05) is 24.3 Å². The molecule has 1 aromatic heterocycles. The number of nitro benzene ring substituents is 1. The van der Waals surface area contributed by atoms with Crippen LogP contribution in [0.25, 0.3) is 23.1 Å². The van der Waals surface area contributed by atoms with Crippen LogP contribution >= 0.6 is 0 Å². The number of hydrogen-bond acceptors (Lipinski definition) is 2. The number of nitro groups is 1. The standard InChI is InChI=1S/C19H17N2O2/c1-2-20-17(14-10-16-5-3-4-6-19(16)20)11-7-15-8-12-18(13-9-15)21(22)23/h3-14H,2H2,1H3/q+1/b11-7+. The highest BCUT2D eigenvalue weighted by molar-refractivity contribution is 5.77. The van der Waals surface area contributed by atoms with Crippen LogP contribution in [0.1, 0.15) is 18.2 Å². The molecular weight excluding hydrogens is 288 g/mol. The SMILES string of the molecule is CC[n+]1c(/C=C/c2ccc([N+](=O)[O-])cc2)ccc2ccccc21.